The first-order valence-electron chi connectivity index (χ1n) is 6.33. The second kappa shape index (κ2) is 6.37. The maximum absolute atomic E-state index is 12.1. The first kappa shape index (κ1) is 15.0. The molecule has 0 spiro atoms. The third-order valence-corrected chi connectivity index (χ3v) is 4.27. The van der Waals surface area contributed by atoms with Gasteiger partial charge in [-0.25, -0.2) is 4.98 Å². The Morgan fingerprint density at radius 2 is 2.20 bits per heavy atom. The minimum Gasteiger partial charge on any atom is -0.483 e. The number of nitrogens with zero attached hydrogens (tertiary/aromatic N) is 1. The van der Waals surface area contributed by atoms with Gasteiger partial charge in [-0.2, -0.15) is 0 Å². The van der Waals surface area contributed by atoms with Gasteiger partial charge in [-0.15, -0.1) is 11.3 Å². The van der Waals surface area contributed by atoms with Gasteiger partial charge >= 0.3 is 0 Å². The highest BCUT2D eigenvalue weighted by Gasteiger charge is 2.17. The summed E-state index contributed by atoms with van der Waals surface area (Å²) in [5.41, 5.74) is 0.987. The largest absolute Gasteiger partial charge is 0.483 e. The smallest absolute Gasteiger partial charge is 0.179 e. The summed E-state index contributed by atoms with van der Waals surface area (Å²) in [5, 5.41) is 1.43. The Balaban J connectivity index is 1.98. The second-order valence-corrected chi connectivity index (χ2v) is 6.33. The van der Waals surface area contributed by atoms with Crippen LogP contribution in [0.5, 0.6) is 5.75 Å². The average molecular weight is 310 g/mol. The molecule has 1 aromatic carbocycles. The molecule has 20 heavy (non-hydrogen) atoms. The third kappa shape index (κ3) is 3.81. The number of aryl methyl sites for hydroxylation is 2. The molecule has 2 rings (SSSR count). The Kier molecular flexibility index (Phi) is 4.78. The predicted molar refractivity (Wildman–Crippen MR) is 81.8 cm³/mol. The Labute approximate surface area is 127 Å². The Morgan fingerprint density at radius 3 is 2.80 bits per heavy atom. The molecule has 1 atom stereocenters. The molecule has 0 N–H and O–H groups in total. The number of aromatic nitrogens is 1. The summed E-state index contributed by atoms with van der Waals surface area (Å²) in [4.78, 5) is 17.7. The van der Waals surface area contributed by atoms with Gasteiger partial charge in [-0.3, -0.25) is 4.79 Å². The number of thiazole rings is 1. The van der Waals surface area contributed by atoms with Crippen LogP contribution in [-0.4, -0.2) is 16.9 Å². The fourth-order valence-electron chi connectivity index (χ4n) is 1.72. The molecule has 1 heterocycles. The molecule has 0 bridgehead atoms. The minimum absolute atomic E-state index is 0.0127. The zero-order valence-corrected chi connectivity index (χ0v) is 13.2. The normalized spacial score (nSPS) is 12.2. The number of benzene rings is 1. The number of halogens is 1. The van der Waals surface area contributed by atoms with E-state index in [1.54, 1.807) is 42.5 Å². The minimum atomic E-state index is -0.516. The van der Waals surface area contributed by atoms with Crippen molar-refractivity contribution in [3.05, 3.63) is 44.9 Å². The molecule has 0 aliphatic carbocycles. The number of carbonyl (C=O) groups is 1. The Morgan fingerprint density at radius 1 is 1.45 bits per heavy atom. The maximum atomic E-state index is 12.1. The Hall–Kier alpha value is -1.39. The van der Waals surface area contributed by atoms with Gasteiger partial charge in [0.1, 0.15) is 10.8 Å². The van der Waals surface area contributed by atoms with Crippen LogP contribution in [-0.2, 0) is 11.2 Å². The lowest BCUT2D eigenvalue weighted by Gasteiger charge is -2.13. The van der Waals surface area contributed by atoms with Gasteiger partial charge in [0.15, 0.2) is 11.9 Å². The van der Waals surface area contributed by atoms with E-state index in [4.69, 9.17) is 16.3 Å². The predicted octanol–water partition coefficient (Wildman–Crippen LogP) is 3.99. The van der Waals surface area contributed by atoms with E-state index in [-0.39, 0.29) is 5.78 Å². The van der Waals surface area contributed by atoms with Crippen LogP contribution < -0.4 is 4.74 Å². The molecule has 1 unspecified atom stereocenters. The van der Waals surface area contributed by atoms with Crippen molar-refractivity contribution in [2.24, 2.45) is 0 Å². The molecule has 0 aliphatic rings. The molecular weight excluding hydrogens is 294 g/mol. The first-order chi connectivity index (χ1) is 9.45. The van der Waals surface area contributed by atoms with E-state index in [9.17, 15) is 4.79 Å². The number of rotatable bonds is 5. The SMILES string of the molecule is Cc1nc(CC(=O)C(C)Oc2cccc(Cl)c2)sc1C. The fraction of sp³-hybridized carbons (Fsp3) is 0.333. The van der Waals surface area contributed by atoms with Crippen LogP contribution >= 0.6 is 22.9 Å². The summed E-state index contributed by atoms with van der Waals surface area (Å²) in [6, 6.07) is 7.04. The summed E-state index contributed by atoms with van der Waals surface area (Å²) in [6.07, 6.45) is -0.209. The zero-order valence-electron chi connectivity index (χ0n) is 11.6. The van der Waals surface area contributed by atoms with Gasteiger partial charge in [-0.1, -0.05) is 17.7 Å². The summed E-state index contributed by atoms with van der Waals surface area (Å²) in [5.74, 6) is 0.614. The number of ether oxygens (including phenoxy) is 1. The van der Waals surface area contributed by atoms with E-state index in [0.29, 0.717) is 17.2 Å². The second-order valence-electron chi connectivity index (χ2n) is 4.61. The maximum Gasteiger partial charge on any atom is 0.179 e. The van der Waals surface area contributed by atoms with Crippen LogP contribution in [0.4, 0.5) is 0 Å². The highest BCUT2D eigenvalue weighted by atomic mass is 35.5. The topological polar surface area (TPSA) is 39.2 Å². The van der Waals surface area contributed by atoms with Crippen molar-refractivity contribution in [3.63, 3.8) is 0 Å². The standard InChI is InChI=1S/C15H16ClNO2S/c1-9-11(3)20-15(17-9)8-14(18)10(2)19-13-6-4-5-12(16)7-13/h4-7,10H,8H2,1-3H3. The molecule has 0 aliphatic heterocycles. The number of hydrogen-bond acceptors (Lipinski definition) is 4. The molecule has 1 aromatic heterocycles. The molecule has 5 heteroatoms. The molecular formula is C15H16ClNO2S. The molecule has 0 saturated heterocycles. The van der Waals surface area contributed by atoms with E-state index in [1.165, 1.54) is 0 Å². The van der Waals surface area contributed by atoms with Crippen molar-refractivity contribution in [1.29, 1.82) is 0 Å². The molecule has 3 nitrogen and oxygen atoms in total. The number of Topliss-reactive ketones (excluding diaryl/α,β-unsaturated/α-hetero) is 1. The molecule has 0 saturated carbocycles. The van der Waals surface area contributed by atoms with Gasteiger partial charge in [0.2, 0.25) is 0 Å². The van der Waals surface area contributed by atoms with Gasteiger partial charge in [0, 0.05) is 9.90 Å². The van der Waals surface area contributed by atoms with E-state index in [1.807, 2.05) is 13.8 Å². The summed E-state index contributed by atoms with van der Waals surface area (Å²) in [7, 11) is 0. The number of carbonyl (C=O) groups excluding carboxylic acids is 1. The summed E-state index contributed by atoms with van der Waals surface area (Å²) in [6.45, 7) is 5.70. The molecule has 106 valence electrons. The van der Waals surface area contributed by atoms with E-state index < -0.39 is 6.10 Å². The number of hydrogen-bond donors (Lipinski definition) is 0. The van der Waals surface area contributed by atoms with E-state index in [0.717, 1.165) is 15.6 Å². The van der Waals surface area contributed by atoms with Crippen molar-refractivity contribution in [1.82, 2.24) is 4.98 Å². The van der Waals surface area contributed by atoms with Crippen LogP contribution in [0.2, 0.25) is 5.02 Å². The van der Waals surface area contributed by atoms with Gasteiger partial charge in [-0.05, 0) is 39.0 Å². The van der Waals surface area contributed by atoms with Crippen molar-refractivity contribution < 1.29 is 9.53 Å². The van der Waals surface area contributed by atoms with Crippen molar-refractivity contribution in [3.8, 4) is 5.75 Å². The van der Waals surface area contributed by atoms with Crippen molar-refractivity contribution in [2.45, 2.75) is 33.3 Å². The highest BCUT2D eigenvalue weighted by molar-refractivity contribution is 7.11. The lowest BCUT2D eigenvalue weighted by Crippen LogP contribution is -2.25. The van der Waals surface area contributed by atoms with Crippen molar-refractivity contribution in [2.75, 3.05) is 0 Å². The third-order valence-electron chi connectivity index (χ3n) is 2.96. The Bertz CT molecular complexity index is 605. The lowest BCUT2D eigenvalue weighted by molar-refractivity contribution is -0.124. The molecule has 0 radical (unpaired) electrons. The van der Waals surface area contributed by atoms with Crippen LogP contribution in [0.1, 0.15) is 22.5 Å². The number of ketones is 1. The molecule has 0 fully saturated rings. The monoisotopic (exact) mass is 309 g/mol. The molecule has 0 amide bonds. The van der Waals surface area contributed by atoms with Gasteiger partial charge in [0.05, 0.1) is 12.1 Å². The van der Waals surface area contributed by atoms with Crippen LogP contribution in [0, 0.1) is 13.8 Å². The van der Waals surface area contributed by atoms with E-state index in [2.05, 4.69) is 4.98 Å². The quantitative estimate of drug-likeness (QED) is 0.838. The highest BCUT2D eigenvalue weighted by Crippen LogP contribution is 2.20. The van der Waals surface area contributed by atoms with Crippen molar-refractivity contribution >= 4 is 28.7 Å². The van der Waals surface area contributed by atoms with Gasteiger partial charge < -0.3 is 4.74 Å². The summed E-state index contributed by atoms with van der Waals surface area (Å²) >= 11 is 7.44. The van der Waals surface area contributed by atoms with Crippen LogP contribution in [0.15, 0.2) is 24.3 Å². The lowest BCUT2D eigenvalue weighted by atomic mass is 10.2. The van der Waals surface area contributed by atoms with Crippen LogP contribution in [0.3, 0.4) is 0 Å². The molecule has 2 aromatic rings. The van der Waals surface area contributed by atoms with E-state index >= 15 is 0 Å². The van der Waals surface area contributed by atoms with Gasteiger partial charge in [0.25, 0.3) is 0 Å². The first-order valence-corrected chi connectivity index (χ1v) is 7.53. The van der Waals surface area contributed by atoms with Crippen LogP contribution in [0.25, 0.3) is 0 Å². The summed E-state index contributed by atoms with van der Waals surface area (Å²) < 4.78 is 5.61. The fourth-order valence-corrected chi connectivity index (χ4v) is 2.84. The average Bonchev–Trinajstić information content (AvgIpc) is 2.68. The zero-order chi connectivity index (χ0) is 14.7.